The molecule has 3 rings (SSSR count). The fourth-order valence-corrected chi connectivity index (χ4v) is 3.14. The fourth-order valence-electron chi connectivity index (χ4n) is 2.46. The molecule has 2 heterocycles. The Morgan fingerprint density at radius 3 is 2.81 bits per heavy atom. The number of aromatic nitrogens is 3. The van der Waals surface area contributed by atoms with Crippen LogP contribution in [0.25, 0.3) is 11.3 Å². The molecule has 0 radical (unpaired) electrons. The van der Waals surface area contributed by atoms with Gasteiger partial charge in [-0.05, 0) is 50.1 Å². The molecule has 0 fully saturated rings. The highest BCUT2D eigenvalue weighted by Gasteiger charge is 2.11. The van der Waals surface area contributed by atoms with E-state index in [1.54, 1.807) is 24.1 Å². The minimum absolute atomic E-state index is 0.170. The molecule has 0 bridgehead atoms. The summed E-state index contributed by atoms with van der Waals surface area (Å²) < 4.78 is 13.0. The van der Waals surface area contributed by atoms with Gasteiger partial charge in [-0.2, -0.15) is 5.10 Å². The lowest BCUT2D eigenvalue weighted by atomic mass is 10.1. The van der Waals surface area contributed by atoms with Crippen molar-refractivity contribution in [1.29, 1.82) is 0 Å². The van der Waals surface area contributed by atoms with Crippen molar-refractivity contribution in [3.8, 4) is 11.3 Å². The molecule has 2 N–H and O–H groups in total. The zero-order chi connectivity index (χ0) is 18.5. The van der Waals surface area contributed by atoms with Crippen LogP contribution in [0.4, 0.5) is 14.3 Å². The van der Waals surface area contributed by atoms with Crippen LogP contribution in [0.1, 0.15) is 17.8 Å². The Balaban J connectivity index is 1.47. The van der Waals surface area contributed by atoms with Gasteiger partial charge in [0.15, 0.2) is 5.13 Å². The number of halogens is 1. The number of benzene rings is 1. The third-order valence-electron chi connectivity index (χ3n) is 3.89. The fraction of sp³-hybridized carbons (Fsp3) is 0.278. The molecule has 3 aromatic rings. The number of carbonyl (C=O) groups is 1. The Bertz CT molecular complexity index is 874. The molecule has 0 aliphatic rings. The van der Waals surface area contributed by atoms with Crippen LogP contribution in [0.5, 0.6) is 0 Å². The van der Waals surface area contributed by atoms with E-state index in [0.29, 0.717) is 11.7 Å². The van der Waals surface area contributed by atoms with Crippen LogP contribution in [0.2, 0.25) is 0 Å². The summed E-state index contributed by atoms with van der Waals surface area (Å²) in [5.41, 5.74) is 3.52. The third kappa shape index (κ3) is 4.66. The number of anilines is 1. The second kappa shape index (κ2) is 8.09. The van der Waals surface area contributed by atoms with Crippen LogP contribution < -0.4 is 5.32 Å². The van der Waals surface area contributed by atoms with Gasteiger partial charge in [0.2, 0.25) is 0 Å². The molecule has 8 heteroatoms. The van der Waals surface area contributed by atoms with Gasteiger partial charge in [-0.15, -0.1) is 11.3 Å². The molecule has 2 amide bonds. The van der Waals surface area contributed by atoms with Gasteiger partial charge in [0, 0.05) is 30.2 Å². The molecule has 6 nitrogen and oxygen atoms in total. The number of thiazole rings is 1. The maximum atomic E-state index is 13.0. The van der Waals surface area contributed by atoms with Crippen molar-refractivity contribution in [2.75, 3.05) is 18.9 Å². The molecule has 0 atom stereocenters. The first-order valence-corrected chi connectivity index (χ1v) is 9.14. The minimum atomic E-state index is -0.265. The van der Waals surface area contributed by atoms with Gasteiger partial charge in [0.05, 0.1) is 11.4 Å². The van der Waals surface area contributed by atoms with E-state index >= 15 is 0 Å². The smallest absolute Gasteiger partial charge is 0.323 e. The summed E-state index contributed by atoms with van der Waals surface area (Å²) in [5, 5.41) is 12.5. The number of rotatable bonds is 6. The van der Waals surface area contributed by atoms with E-state index < -0.39 is 0 Å². The quantitative estimate of drug-likeness (QED) is 0.684. The van der Waals surface area contributed by atoms with Crippen LogP contribution >= 0.6 is 11.3 Å². The van der Waals surface area contributed by atoms with Crippen molar-refractivity contribution in [2.24, 2.45) is 0 Å². The second-order valence-corrected chi connectivity index (χ2v) is 6.89. The van der Waals surface area contributed by atoms with Crippen molar-refractivity contribution < 1.29 is 9.18 Å². The van der Waals surface area contributed by atoms with Crippen molar-refractivity contribution in [1.82, 2.24) is 20.1 Å². The Hall–Kier alpha value is -2.74. The number of aromatic amines is 1. The number of aryl methyl sites for hydroxylation is 2. The second-order valence-electron chi connectivity index (χ2n) is 6.03. The number of hydrogen-bond donors (Lipinski definition) is 2. The minimum Gasteiger partial charge on any atom is -0.328 e. The lowest BCUT2D eigenvalue weighted by Gasteiger charge is -2.16. The van der Waals surface area contributed by atoms with Crippen molar-refractivity contribution in [2.45, 2.75) is 19.8 Å². The van der Waals surface area contributed by atoms with Crippen LogP contribution in [0.3, 0.4) is 0 Å². The lowest BCUT2D eigenvalue weighted by molar-refractivity contribution is 0.222. The predicted octanol–water partition coefficient (Wildman–Crippen LogP) is 4.08. The number of amides is 2. The summed E-state index contributed by atoms with van der Waals surface area (Å²) in [6.45, 7) is 2.50. The van der Waals surface area contributed by atoms with Gasteiger partial charge in [0.1, 0.15) is 5.82 Å². The monoisotopic (exact) mass is 373 g/mol. The van der Waals surface area contributed by atoms with E-state index in [4.69, 9.17) is 0 Å². The van der Waals surface area contributed by atoms with Gasteiger partial charge in [-0.3, -0.25) is 10.4 Å². The van der Waals surface area contributed by atoms with Crippen LogP contribution in [-0.4, -0.2) is 39.7 Å². The first-order valence-electron chi connectivity index (χ1n) is 8.26. The third-order valence-corrected chi connectivity index (χ3v) is 4.77. The topological polar surface area (TPSA) is 73.9 Å². The van der Waals surface area contributed by atoms with E-state index in [1.807, 2.05) is 18.4 Å². The zero-order valence-electron chi connectivity index (χ0n) is 14.6. The summed E-state index contributed by atoms with van der Waals surface area (Å²) in [7, 11) is 1.76. The number of nitrogens with one attached hydrogen (secondary N) is 2. The lowest BCUT2D eigenvalue weighted by Crippen LogP contribution is -2.32. The molecular formula is C18H20FN5OS. The molecule has 0 aliphatic heterocycles. The highest BCUT2D eigenvalue weighted by atomic mass is 32.1. The maximum Gasteiger partial charge on any atom is 0.323 e. The average molecular weight is 373 g/mol. The van der Waals surface area contributed by atoms with E-state index in [0.717, 1.165) is 35.5 Å². The van der Waals surface area contributed by atoms with Crippen molar-refractivity contribution in [3.05, 3.63) is 52.9 Å². The molecule has 26 heavy (non-hydrogen) atoms. The number of hydrogen-bond acceptors (Lipinski definition) is 4. The molecule has 0 aliphatic carbocycles. The van der Waals surface area contributed by atoms with Crippen LogP contribution in [-0.2, 0) is 6.42 Å². The van der Waals surface area contributed by atoms with Gasteiger partial charge in [-0.25, -0.2) is 14.2 Å². The SMILES string of the molecule is Cc1csc(NC(=O)N(C)CCCc2cc(-c3ccc(F)cc3)n[nH]2)n1. The summed E-state index contributed by atoms with van der Waals surface area (Å²) >= 11 is 1.41. The summed E-state index contributed by atoms with van der Waals surface area (Å²) in [4.78, 5) is 18.0. The maximum absolute atomic E-state index is 13.0. The Kier molecular flexibility index (Phi) is 5.62. The highest BCUT2D eigenvalue weighted by Crippen LogP contribution is 2.19. The average Bonchev–Trinajstić information content (AvgIpc) is 3.24. The molecule has 0 saturated carbocycles. The first-order chi connectivity index (χ1) is 12.5. The standard InChI is InChI=1S/C18H20FN5OS/c1-12-11-26-17(20-12)21-18(25)24(2)9-3-4-15-10-16(23-22-15)13-5-7-14(19)8-6-13/h5-8,10-11H,3-4,9H2,1-2H3,(H,22,23)(H,20,21,25). The number of urea groups is 1. The van der Waals surface area contributed by atoms with Crippen LogP contribution in [0, 0.1) is 12.7 Å². The van der Waals surface area contributed by atoms with E-state index in [1.165, 1.54) is 23.5 Å². The van der Waals surface area contributed by atoms with E-state index in [-0.39, 0.29) is 11.8 Å². The molecular weight excluding hydrogens is 353 g/mol. The zero-order valence-corrected chi connectivity index (χ0v) is 15.4. The molecule has 2 aromatic heterocycles. The van der Waals surface area contributed by atoms with Gasteiger partial charge in [0.25, 0.3) is 0 Å². The number of carbonyl (C=O) groups excluding carboxylic acids is 1. The van der Waals surface area contributed by atoms with Crippen LogP contribution in [0.15, 0.2) is 35.7 Å². The molecule has 1 aromatic carbocycles. The Labute approximate surface area is 155 Å². The molecule has 0 unspecified atom stereocenters. The van der Waals surface area contributed by atoms with E-state index in [9.17, 15) is 9.18 Å². The summed E-state index contributed by atoms with van der Waals surface area (Å²) in [5.74, 6) is -0.265. The number of nitrogens with zero attached hydrogens (tertiary/aromatic N) is 3. The normalized spacial score (nSPS) is 10.7. The largest absolute Gasteiger partial charge is 0.328 e. The molecule has 136 valence electrons. The van der Waals surface area contributed by atoms with Gasteiger partial charge < -0.3 is 4.90 Å². The van der Waals surface area contributed by atoms with Crippen molar-refractivity contribution >= 4 is 22.5 Å². The van der Waals surface area contributed by atoms with E-state index in [2.05, 4.69) is 20.5 Å². The Morgan fingerprint density at radius 1 is 1.35 bits per heavy atom. The summed E-state index contributed by atoms with van der Waals surface area (Å²) in [6, 6.07) is 8.02. The summed E-state index contributed by atoms with van der Waals surface area (Å²) in [6.07, 6.45) is 1.56. The molecule has 0 saturated heterocycles. The molecule has 0 spiro atoms. The van der Waals surface area contributed by atoms with Crippen molar-refractivity contribution in [3.63, 3.8) is 0 Å². The number of H-pyrrole nitrogens is 1. The highest BCUT2D eigenvalue weighted by molar-refractivity contribution is 7.13. The first kappa shape index (κ1) is 18.1. The van der Waals surface area contributed by atoms with Gasteiger partial charge >= 0.3 is 6.03 Å². The predicted molar refractivity (Wildman–Crippen MR) is 101 cm³/mol. The Morgan fingerprint density at radius 2 is 2.12 bits per heavy atom. The van der Waals surface area contributed by atoms with Gasteiger partial charge in [-0.1, -0.05) is 0 Å².